The first-order valence-electron chi connectivity index (χ1n) is 10.2. The number of rotatable bonds is 7. The Morgan fingerprint density at radius 3 is 2.52 bits per heavy atom. The van der Waals surface area contributed by atoms with Crippen LogP contribution in [0.1, 0.15) is 28.4 Å². The molecule has 4 rings (SSSR count). The number of esters is 1. The standard InChI is InChI=1S/C25H25N3O3/c1-3-31-25-27-22-10-6-9-21(24(29)30-2)23(22)28(25)16-17-11-13-18(14-12-17)20-8-5-4-7-19(20)15-26/h4-14H,3,15-16,26H2,1-2H3. The molecule has 0 bridgehead atoms. The fourth-order valence-electron chi connectivity index (χ4n) is 3.78. The largest absolute Gasteiger partial charge is 0.465 e. The van der Waals surface area contributed by atoms with Crippen molar-refractivity contribution in [3.05, 3.63) is 83.4 Å². The molecule has 0 unspecified atom stereocenters. The molecule has 2 N–H and O–H groups in total. The number of nitrogens with two attached hydrogens (primary N) is 1. The van der Waals surface area contributed by atoms with Crippen molar-refractivity contribution in [2.75, 3.05) is 13.7 Å². The molecule has 6 nitrogen and oxygen atoms in total. The third-order valence-electron chi connectivity index (χ3n) is 5.25. The number of nitrogens with zero attached hydrogens (tertiary/aromatic N) is 2. The lowest BCUT2D eigenvalue weighted by molar-refractivity contribution is 0.0602. The lowest BCUT2D eigenvalue weighted by atomic mass is 9.99. The van der Waals surface area contributed by atoms with Crippen molar-refractivity contribution in [2.24, 2.45) is 5.73 Å². The quantitative estimate of drug-likeness (QED) is 0.453. The van der Waals surface area contributed by atoms with E-state index in [1.165, 1.54) is 7.11 Å². The average Bonchev–Trinajstić information content (AvgIpc) is 3.16. The number of benzene rings is 3. The Morgan fingerprint density at radius 1 is 1.03 bits per heavy atom. The molecule has 3 aromatic carbocycles. The number of hydrogen-bond donors (Lipinski definition) is 1. The van der Waals surface area contributed by atoms with E-state index >= 15 is 0 Å². The Hall–Kier alpha value is -3.64. The van der Waals surface area contributed by atoms with Crippen LogP contribution in [-0.4, -0.2) is 29.2 Å². The van der Waals surface area contributed by atoms with E-state index in [0.717, 1.165) is 22.3 Å². The van der Waals surface area contributed by atoms with Gasteiger partial charge in [0.1, 0.15) is 0 Å². The van der Waals surface area contributed by atoms with Crippen LogP contribution in [0.25, 0.3) is 22.2 Å². The molecule has 0 spiro atoms. The Morgan fingerprint density at radius 2 is 1.81 bits per heavy atom. The van der Waals surface area contributed by atoms with Gasteiger partial charge in [0.05, 0.1) is 36.9 Å². The summed E-state index contributed by atoms with van der Waals surface area (Å²) >= 11 is 0. The van der Waals surface area contributed by atoms with E-state index in [4.69, 9.17) is 15.2 Å². The first-order valence-corrected chi connectivity index (χ1v) is 10.2. The van der Waals surface area contributed by atoms with Gasteiger partial charge in [0.25, 0.3) is 6.01 Å². The van der Waals surface area contributed by atoms with E-state index in [-0.39, 0.29) is 0 Å². The van der Waals surface area contributed by atoms with Crippen LogP contribution in [0.15, 0.2) is 66.7 Å². The van der Waals surface area contributed by atoms with E-state index in [2.05, 4.69) is 35.3 Å². The lowest BCUT2D eigenvalue weighted by Gasteiger charge is -2.12. The summed E-state index contributed by atoms with van der Waals surface area (Å²) in [6, 6.07) is 22.4. The number of ether oxygens (including phenoxy) is 2. The van der Waals surface area contributed by atoms with Gasteiger partial charge >= 0.3 is 5.97 Å². The van der Waals surface area contributed by atoms with Crippen LogP contribution >= 0.6 is 0 Å². The second-order valence-electron chi connectivity index (χ2n) is 7.14. The second-order valence-corrected chi connectivity index (χ2v) is 7.14. The Bertz CT molecular complexity index is 1210. The van der Waals surface area contributed by atoms with Crippen molar-refractivity contribution in [1.82, 2.24) is 9.55 Å². The molecule has 0 fully saturated rings. The summed E-state index contributed by atoms with van der Waals surface area (Å²) < 4.78 is 12.7. The number of carbonyl (C=O) groups is 1. The molecule has 0 atom stereocenters. The van der Waals surface area contributed by atoms with Crippen molar-refractivity contribution in [1.29, 1.82) is 0 Å². The minimum atomic E-state index is -0.400. The summed E-state index contributed by atoms with van der Waals surface area (Å²) in [7, 11) is 1.38. The first kappa shape index (κ1) is 20.6. The number of carbonyl (C=O) groups excluding carboxylic acids is 1. The van der Waals surface area contributed by atoms with E-state index < -0.39 is 5.97 Å². The predicted molar refractivity (Wildman–Crippen MR) is 121 cm³/mol. The molecule has 31 heavy (non-hydrogen) atoms. The third kappa shape index (κ3) is 4.02. The molecule has 0 saturated carbocycles. The zero-order chi connectivity index (χ0) is 21.8. The number of para-hydroxylation sites is 1. The Kier molecular flexibility index (Phi) is 6.00. The van der Waals surface area contributed by atoms with Gasteiger partial charge in [-0.05, 0) is 41.3 Å². The van der Waals surface area contributed by atoms with Crippen molar-refractivity contribution >= 4 is 17.0 Å². The monoisotopic (exact) mass is 415 g/mol. The summed E-state index contributed by atoms with van der Waals surface area (Å²) in [4.78, 5) is 16.9. The van der Waals surface area contributed by atoms with Gasteiger partial charge in [0, 0.05) is 6.54 Å². The van der Waals surface area contributed by atoms with Crippen molar-refractivity contribution in [3.63, 3.8) is 0 Å². The van der Waals surface area contributed by atoms with Crippen molar-refractivity contribution in [2.45, 2.75) is 20.0 Å². The summed E-state index contributed by atoms with van der Waals surface area (Å²) in [6.07, 6.45) is 0. The maximum atomic E-state index is 12.3. The molecule has 0 aliphatic rings. The summed E-state index contributed by atoms with van der Waals surface area (Å²) in [5.74, 6) is -0.400. The molecule has 6 heteroatoms. The van der Waals surface area contributed by atoms with Gasteiger partial charge in [-0.25, -0.2) is 4.79 Å². The molecular weight excluding hydrogens is 390 g/mol. The highest BCUT2D eigenvalue weighted by atomic mass is 16.5. The highest BCUT2D eigenvalue weighted by Gasteiger charge is 2.19. The third-order valence-corrected chi connectivity index (χ3v) is 5.25. The van der Waals surface area contributed by atoms with E-state index in [9.17, 15) is 4.79 Å². The normalized spacial score (nSPS) is 10.9. The van der Waals surface area contributed by atoms with Gasteiger partial charge in [-0.1, -0.05) is 54.6 Å². The van der Waals surface area contributed by atoms with Crippen LogP contribution < -0.4 is 10.5 Å². The van der Waals surface area contributed by atoms with Crippen LogP contribution in [0.5, 0.6) is 6.01 Å². The molecule has 0 aliphatic heterocycles. The predicted octanol–water partition coefficient (Wildman–Crippen LogP) is 4.40. The molecule has 1 heterocycles. The number of aromatic nitrogens is 2. The number of hydrogen-bond acceptors (Lipinski definition) is 5. The van der Waals surface area contributed by atoms with Gasteiger partial charge in [0.15, 0.2) is 0 Å². The maximum absolute atomic E-state index is 12.3. The van der Waals surface area contributed by atoms with E-state index in [0.29, 0.717) is 42.3 Å². The molecule has 0 saturated heterocycles. The summed E-state index contributed by atoms with van der Waals surface area (Å²) in [5.41, 5.74) is 12.2. The van der Waals surface area contributed by atoms with Gasteiger partial charge in [-0.3, -0.25) is 4.57 Å². The number of methoxy groups -OCH3 is 1. The molecular formula is C25H25N3O3. The molecule has 1 aromatic heterocycles. The molecule has 4 aromatic rings. The molecule has 0 amide bonds. The molecule has 158 valence electrons. The zero-order valence-corrected chi connectivity index (χ0v) is 17.7. The highest BCUT2D eigenvalue weighted by molar-refractivity contribution is 6.02. The van der Waals surface area contributed by atoms with Gasteiger partial charge in [-0.15, -0.1) is 0 Å². The van der Waals surface area contributed by atoms with Crippen LogP contribution in [0, 0.1) is 0 Å². The molecule has 0 radical (unpaired) electrons. The minimum Gasteiger partial charge on any atom is -0.465 e. The van der Waals surface area contributed by atoms with Gasteiger partial charge < -0.3 is 15.2 Å². The Labute approximate surface area is 181 Å². The molecule has 0 aliphatic carbocycles. The number of fused-ring (bicyclic) bond motifs is 1. The SMILES string of the molecule is CCOc1nc2cccc(C(=O)OC)c2n1Cc1ccc(-c2ccccc2CN)cc1. The minimum absolute atomic E-state index is 0.400. The van der Waals surface area contributed by atoms with Crippen molar-refractivity contribution in [3.8, 4) is 17.1 Å². The first-order chi connectivity index (χ1) is 15.2. The Balaban J connectivity index is 1.74. The number of imidazole rings is 1. The second kappa shape index (κ2) is 9.02. The van der Waals surface area contributed by atoms with Crippen LogP contribution in [0.3, 0.4) is 0 Å². The van der Waals surface area contributed by atoms with Crippen LogP contribution in [0.2, 0.25) is 0 Å². The zero-order valence-electron chi connectivity index (χ0n) is 17.7. The van der Waals surface area contributed by atoms with Gasteiger partial charge in [0.2, 0.25) is 0 Å². The van der Waals surface area contributed by atoms with Gasteiger partial charge in [-0.2, -0.15) is 4.98 Å². The average molecular weight is 415 g/mol. The summed E-state index contributed by atoms with van der Waals surface area (Å²) in [6.45, 7) is 3.39. The maximum Gasteiger partial charge on any atom is 0.340 e. The highest BCUT2D eigenvalue weighted by Crippen LogP contribution is 2.28. The van der Waals surface area contributed by atoms with E-state index in [1.54, 1.807) is 12.1 Å². The van der Waals surface area contributed by atoms with Crippen LogP contribution in [0.4, 0.5) is 0 Å². The van der Waals surface area contributed by atoms with Crippen molar-refractivity contribution < 1.29 is 14.3 Å². The summed E-state index contributed by atoms with van der Waals surface area (Å²) in [5, 5.41) is 0. The van der Waals surface area contributed by atoms with Crippen LogP contribution in [-0.2, 0) is 17.8 Å². The van der Waals surface area contributed by atoms with E-state index in [1.807, 2.05) is 35.8 Å². The fraction of sp³-hybridized carbons (Fsp3) is 0.200. The smallest absolute Gasteiger partial charge is 0.340 e. The fourth-order valence-corrected chi connectivity index (χ4v) is 3.78. The lowest BCUT2D eigenvalue weighted by Crippen LogP contribution is -2.09. The topological polar surface area (TPSA) is 79.4 Å².